The van der Waals surface area contributed by atoms with Crippen LogP contribution in [0.4, 0.5) is 11.4 Å². The van der Waals surface area contributed by atoms with Gasteiger partial charge in [0, 0.05) is 24.5 Å². The molecule has 1 aromatic carbocycles. The number of non-ortho nitro benzene ring substituents is 1. The topological polar surface area (TPSA) is 119 Å². The highest BCUT2D eigenvalue weighted by Crippen LogP contribution is 2.14. The van der Waals surface area contributed by atoms with E-state index in [-0.39, 0.29) is 10.7 Å². The number of nitrogens with one attached hydrogen (secondary N) is 1. The fraction of sp³-hybridized carbons (Fsp3) is 0.0667. The van der Waals surface area contributed by atoms with Gasteiger partial charge in [0.05, 0.1) is 16.8 Å². The zero-order chi connectivity index (χ0) is 17.7. The van der Waals surface area contributed by atoms with Gasteiger partial charge in [-0.15, -0.1) is 0 Å². The number of aromatic nitrogens is 1. The van der Waals surface area contributed by atoms with E-state index in [2.05, 4.69) is 10.3 Å². The van der Waals surface area contributed by atoms with Crippen molar-refractivity contribution in [3.05, 3.63) is 64.3 Å². The van der Waals surface area contributed by atoms with Gasteiger partial charge in [-0.2, -0.15) is 0 Å². The Morgan fingerprint density at radius 3 is 2.62 bits per heavy atom. The number of nitro benzene ring substituents is 1. The quantitative estimate of drug-likeness (QED) is 0.502. The maximum Gasteiger partial charge on any atom is 0.270 e. The molecule has 0 bridgehead atoms. The number of carbonyl (C=O) groups excluding carboxylic acids is 1. The Morgan fingerprint density at radius 1 is 1.29 bits per heavy atom. The number of carbonyl (C=O) groups is 1. The van der Waals surface area contributed by atoms with Crippen molar-refractivity contribution in [1.82, 2.24) is 4.98 Å². The minimum absolute atomic E-state index is 0.0712. The van der Waals surface area contributed by atoms with Crippen LogP contribution in [0.15, 0.2) is 53.7 Å². The van der Waals surface area contributed by atoms with Crippen LogP contribution in [0.2, 0.25) is 0 Å². The van der Waals surface area contributed by atoms with Crippen LogP contribution in [-0.2, 0) is 14.6 Å². The zero-order valence-electron chi connectivity index (χ0n) is 12.5. The third-order valence-corrected chi connectivity index (χ3v) is 3.89. The molecule has 0 atom stereocenters. The smallest absolute Gasteiger partial charge is 0.270 e. The average Bonchev–Trinajstić information content (AvgIpc) is 2.53. The van der Waals surface area contributed by atoms with E-state index in [4.69, 9.17) is 0 Å². The summed E-state index contributed by atoms with van der Waals surface area (Å²) in [5.74, 6) is -0.476. The third kappa shape index (κ3) is 4.71. The standard InChI is InChI=1S/C15H13N3O5S/c1-24(22,23)15-8-6-12(10-16-15)17-14(19)7-5-11-3-2-4-13(9-11)18(20)21/h2-10H,1H3,(H,17,19)/b7-5-. The normalized spacial score (nSPS) is 11.4. The highest BCUT2D eigenvalue weighted by atomic mass is 32.2. The summed E-state index contributed by atoms with van der Waals surface area (Å²) in [6.45, 7) is 0. The van der Waals surface area contributed by atoms with Crippen LogP contribution in [0.25, 0.3) is 6.08 Å². The molecule has 0 radical (unpaired) electrons. The Hall–Kier alpha value is -3.07. The first-order valence-corrected chi connectivity index (χ1v) is 8.54. The highest BCUT2D eigenvalue weighted by molar-refractivity contribution is 7.90. The average molecular weight is 347 g/mol. The molecule has 0 saturated carbocycles. The lowest BCUT2D eigenvalue weighted by atomic mass is 10.2. The van der Waals surface area contributed by atoms with Crippen molar-refractivity contribution in [3.63, 3.8) is 0 Å². The molecule has 2 rings (SSSR count). The lowest BCUT2D eigenvalue weighted by Gasteiger charge is -2.02. The summed E-state index contributed by atoms with van der Waals surface area (Å²) in [5.41, 5.74) is 0.763. The molecule has 24 heavy (non-hydrogen) atoms. The number of benzene rings is 1. The van der Waals surface area contributed by atoms with Crippen LogP contribution in [0, 0.1) is 10.1 Å². The van der Waals surface area contributed by atoms with E-state index in [9.17, 15) is 23.3 Å². The summed E-state index contributed by atoms with van der Waals surface area (Å²) in [6, 6.07) is 8.54. The molecule has 0 unspecified atom stereocenters. The first-order chi connectivity index (χ1) is 11.3. The Kier molecular flexibility index (Phi) is 5.05. The molecule has 124 valence electrons. The molecule has 0 saturated heterocycles. The Balaban J connectivity index is 2.05. The maximum atomic E-state index is 11.8. The molecular weight excluding hydrogens is 334 g/mol. The summed E-state index contributed by atoms with van der Waals surface area (Å²) in [5, 5.41) is 13.1. The molecule has 1 N–H and O–H groups in total. The predicted molar refractivity (Wildman–Crippen MR) is 88.1 cm³/mol. The molecule has 1 heterocycles. The molecular formula is C15H13N3O5S. The monoisotopic (exact) mass is 347 g/mol. The second-order valence-electron chi connectivity index (χ2n) is 4.83. The van der Waals surface area contributed by atoms with Crippen LogP contribution in [0.5, 0.6) is 0 Å². The highest BCUT2D eigenvalue weighted by Gasteiger charge is 2.08. The van der Waals surface area contributed by atoms with Gasteiger partial charge in [-0.25, -0.2) is 13.4 Å². The molecule has 9 heteroatoms. The minimum Gasteiger partial charge on any atom is -0.321 e. The number of rotatable bonds is 5. The molecule has 0 spiro atoms. The second-order valence-corrected chi connectivity index (χ2v) is 6.79. The molecule has 0 aliphatic heterocycles. The number of nitro groups is 1. The van der Waals surface area contributed by atoms with Gasteiger partial charge in [-0.3, -0.25) is 14.9 Å². The van der Waals surface area contributed by atoms with Gasteiger partial charge < -0.3 is 5.32 Å². The van der Waals surface area contributed by atoms with Gasteiger partial charge in [0.1, 0.15) is 0 Å². The fourth-order valence-corrected chi connectivity index (χ4v) is 2.33. The van der Waals surface area contributed by atoms with Crippen molar-refractivity contribution in [3.8, 4) is 0 Å². The maximum absolute atomic E-state index is 11.8. The predicted octanol–water partition coefficient (Wildman–Crippen LogP) is 2.05. The van der Waals surface area contributed by atoms with E-state index in [1.165, 1.54) is 48.7 Å². The van der Waals surface area contributed by atoms with Crippen LogP contribution in [-0.4, -0.2) is 30.5 Å². The summed E-state index contributed by atoms with van der Waals surface area (Å²) in [7, 11) is -3.40. The first kappa shape index (κ1) is 17.3. The van der Waals surface area contributed by atoms with Crippen molar-refractivity contribution in [2.45, 2.75) is 5.03 Å². The molecule has 0 fully saturated rings. The summed E-state index contributed by atoms with van der Waals surface area (Å²) in [6.07, 6.45) is 4.91. The number of hydrogen-bond acceptors (Lipinski definition) is 6. The van der Waals surface area contributed by atoms with Crippen molar-refractivity contribution < 1.29 is 18.1 Å². The number of anilines is 1. The van der Waals surface area contributed by atoms with Gasteiger partial charge >= 0.3 is 0 Å². The first-order valence-electron chi connectivity index (χ1n) is 6.65. The van der Waals surface area contributed by atoms with Gasteiger partial charge in [-0.1, -0.05) is 12.1 Å². The van der Waals surface area contributed by atoms with Gasteiger partial charge in [0.15, 0.2) is 14.9 Å². The van der Waals surface area contributed by atoms with Crippen molar-refractivity contribution in [2.24, 2.45) is 0 Å². The molecule has 1 aromatic heterocycles. The summed E-state index contributed by atoms with van der Waals surface area (Å²) < 4.78 is 22.6. The van der Waals surface area contributed by atoms with Crippen LogP contribution in [0.3, 0.4) is 0 Å². The van der Waals surface area contributed by atoms with Gasteiger partial charge in [0.25, 0.3) is 5.69 Å². The van der Waals surface area contributed by atoms with E-state index in [1.54, 1.807) is 6.07 Å². The van der Waals surface area contributed by atoms with E-state index in [0.29, 0.717) is 11.3 Å². The number of amides is 1. The zero-order valence-corrected chi connectivity index (χ0v) is 13.4. The Labute approximate surface area is 137 Å². The van der Waals surface area contributed by atoms with E-state index in [0.717, 1.165) is 6.26 Å². The van der Waals surface area contributed by atoms with Crippen molar-refractivity contribution in [2.75, 3.05) is 11.6 Å². The number of hydrogen-bond donors (Lipinski definition) is 1. The van der Waals surface area contributed by atoms with Crippen molar-refractivity contribution in [1.29, 1.82) is 0 Å². The third-order valence-electron chi connectivity index (χ3n) is 2.89. The largest absolute Gasteiger partial charge is 0.321 e. The lowest BCUT2D eigenvalue weighted by Crippen LogP contribution is -2.09. The molecule has 0 aliphatic rings. The number of pyridine rings is 1. The molecule has 1 amide bonds. The van der Waals surface area contributed by atoms with Crippen LogP contribution >= 0.6 is 0 Å². The molecule has 2 aromatic rings. The number of sulfone groups is 1. The minimum atomic E-state index is -3.40. The van der Waals surface area contributed by atoms with E-state index < -0.39 is 20.7 Å². The Morgan fingerprint density at radius 2 is 2.04 bits per heavy atom. The Bertz CT molecular complexity index is 905. The summed E-state index contributed by atoms with van der Waals surface area (Å²) in [4.78, 5) is 25.7. The summed E-state index contributed by atoms with van der Waals surface area (Å²) >= 11 is 0. The van der Waals surface area contributed by atoms with Crippen LogP contribution < -0.4 is 5.32 Å². The van der Waals surface area contributed by atoms with E-state index >= 15 is 0 Å². The lowest BCUT2D eigenvalue weighted by molar-refractivity contribution is -0.384. The molecule has 8 nitrogen and oxygen atoms in total. The van der Waals surface area contributed by atoms with Crippen molar-refractivity contribution >= 4 is 33.2 Å². The second kappa shape index (κ2) is 7.01. The van der Waals surface area contributed by atoms with E-state index in [1.807, 2.05) is 0 Å². The van der Waals surface area contributed by atoms with Gasteiger partial charge in [0.2, 0.25) is 5.91 Å². The SMILES string of the molecule is CS(=O)(=O)c1ccc(NC(=O)/C=C\c2cccc([N+](=O)[O-])c2)cn1. The molecule has 0 aliphatic carbocycles. The fourth-order valence-electron chi connectivity index (χ4n) is 1.77. The number of nitrogens with zero attached hydrogens (tertiary/aromatic N) is 2. The van der Waals surface area contributed by atoms with Gasteiger partial charge in [-0.05, 0) is 23.8 Å². The van der Waals surface area contributed by atoms with Crippen LogP contribution in [0.1, 0.15) is 5.56 Å².